The molecule has 1 aliphatic rings. The van der Waals surface area contributed by atoms with Gasteiger partial charge < -0.3 is 15.0 Å². The van der Waals surface area contributed by atoms with Crippen LogP contribution in [0.25, 0.3) is 0 Å². The van der Waals surface area contributed by atoms with Crippen LogP contribution in [0.5, 0.6) is 5.75 Å². The van der Waals surface area contributed by atoms with Crippen LogP contribution in [0, 0.1) is 6.92 Å². The maximum Gasteiger partial charge on any atom is 0.268 e. The van der Waals surface area contributed by atoms with Crippen molar-refractivity contribution < 1.29 is 14.3 Å². The number of carbonyl (C=O) groups is 2. The number of nitrogens with one attached hydrogen (secondary N) is 1. The fourth-order valence-electron chi connectivity index (χ4n) is 3.46. The third kappa shape index (κ3) is 4.16. The van der Waals surface area contributed by atoms with Gasteiger partial charge in [-0.1, -0.05) is 41.4 Å². The molecule has 0 saturated carbocycles. The molecule has 4 rings (SSSR count). The molecule has 0 radical (unpaired) electrons. The third-order valence-electron chi connectivity index (χ3n) is 4.94. The van der Waals surface area contributed by atoms with Crippen molar-refractivity contribution in [2.45, 2.75) is 26.5 Å². The van der Waals surface area contributed by atoms with Crippen molar-refractivity contribution in [2.24, 2.45) is 0 Å². The lowest BCUT2D eigenvalue weighted by atomic mass is 10.1. The van der Waals surface area contributed by atoms with Gasteiger partial charge in [0.25, 0.3) is 11.8 Å². The minimum absolute atomic E-state index is 0.148. The standard InChI is InChI=1S/C24H21ClN2O3/c1-15-5-3-7-18(11-15)23(28)26-20-9-10-22-21(13-20)27(24(29)16(2)30-22)14-17-6-4-8-19(25)12-17/h3-13,16H,14H2,1-2H3,(H,26,28). The molecule has 152 valence electrons. The number of halogens is 1. The van der Waals surface area contributed by atoms with Crippen LogP contribution in [0.2, 0.25) is 5.02 Å². The van der Waals surface area contributed by atoms with Crippen molar-refractivity contribution in [3.63, 3.8) is 0 Å². The van der Waals surface area contributed by atoms with Crippen molar-refractivity contribution in [3.05, 3.63) is 88.4 Å². The average Bonchev–Trinajstić information content (AvgIpc) is 2.72. The molecule has 1 atom stereocenters. The topological polar surface area (TPSA) is 58.6 Å². The van der Waals surface area contributed by atoms with Gasteiger partial charge in [-0.25, -0.2) is 0 Å². The number of nitrogens with zero attached hydrogens (tertiary/aromatic N) is 1. The molecule has 30 heavy (non-hydrogen) atoms. The zero-order valence-electron chi connectivity index (χ0n) is 16.7. The van der Waals surface area contributed by atoms with E-state index in [0.29, 0.717) is 34.3 Å². The molecule has 0 fully saturated rings. The Morgan fingerprint density at radius 2 is 1.90 bits per heavy atom. The van der Waals surface area contributed by atoms with Crippen LogP contribution in [0.3, 0.4) is 0 Å². The number of carbonyl (C=O) groups excluding carboxylic acids is 2. The molecule has 0 spiro atoms. The van der Waals surface area contributed by atoms with Gasteiger partial charge in [-0.15, -0.1) is 0 Å². The van der Waals surface area contributed by atoms with Crippen molar-refractivity contribution in [2.75, 3.05) is 10.2 Å². The molecular weight excluding hydrogens is 400 g/mol. The molecule has 1 unspecified atom stereocenters. The molecule has 1 N–H and O–H groups in total. The number of fused-ring (bicyclic) bond motifs is 1. The Morgan fingerprint density at radius 1 is 1.10 bits per heavy atom. The molecule has 0 aliphatic carbocycles. The molecule has 3 aromatic carbocycles. The van der Waals surface area contributed by atoms with Crippen LogP contribution in [0.4, 0.5) is 11.4 Å². The van der Waals surface area contributed by atoms with Crippen molar-refractivity contribution in [1.82, 2.24) is 0 Å². The number of amides is 2. The highest BCUT2D eigenvalue weighted by molar-refractivity contribution is 6.30. The monoisotopic (exact) mass is 420 g/mol. The first kappa shape index (κ1) is 20.0. The fraction of sp³-hybridized carbons (Fsp3) is 0.167. The lowest BCUT2D eigenvalue weighted by Gasteiger charge is -2.33. The van der Waals surface area contributed by atoms with E-state index in [9.17, 15) is 9.59 Å². The zero-order chi connectivity index (χ0) is 21.3. The normalized spacial score (nSPS) is 15.4. The van der Waals surface area contributed by atoms with E-state index in [1.165, 1.54) is 0 Å². The summed E-state index contributed by atoms with van der Waals surface area (Å²) >= 11 is 6.10. The third-order valence-corrected chi connectivity index (χ3v) is 5.17. The summed E-state index contributed by atoms with van der Waals surface area (Å²) in [7, 11) is 0. The Balaban J connectivity index is 1.64. The lowest BCUT2D eigenvalue weighted by Crippen LogP contribution is -2.44. The van der Waals surface area contributed by atoms with E-state index < -0.39 is 6.10 Å². The van der Waals surface area contributed by atoms with E-state index in [0.717, 1.165) is 11.1 Å². The lowest BCUT2D eigenvalue weighted by molar-refractivity contribution is -0.125. The van der Waals surface area contributed by atoms with E-state index in [1.807, 2.05) is 43.3 Å². The Labute approximate surface area is 180 Å². The van der Waals surface area contributed by atoms with Crippen LogP contribution in [0.1, 0.15) is 28.4 Å². The molecule has 5 nitrogen and oxygen atoms in total. The van der Waals surface area contributed by atoms with Crippen LogP contribution in [-0.4, -0.2) is 17.9 Å². The molecule has 3 aromatic rings. The van der Waals surface area contributed by atoms with Gasteiger partial charge in [0.15, 0.2) is 6.10 Å². The Kier molecular flexibility index (Phi) is 5.46. The van der Waals surface area contributed by atoms with Crippen molar-refractivity contribution in [1.29, 1.82) is 0 Å². The van der Waals surface area contributed by atoms with Crippen LogP contribution < -0.4 is 15.0 Å². The zero-order valence-corrected chi connectivity index (χ0v) is 17.4. The Hall–Kier alpha value is -3.31. The predicted octanol–water partition coefficient (Wildman–Crippen LogP) is 5.21. The highest BCUT2D eigenvalue weighted by Crippen LogP contribution is 2.37. The molecule has 1 aliphatic heterocycles. The van der Waals surface area contributed by atoms with E-state index in [2.05, 4.69) is 5.32 Å². The molecule has 6 heteroatoms. The summed E-state index contributed by atoms with van der Waals surface area (Å²) in [5.41, 5.74) is 3.69. The summed E-state index contributed by atoms with van der Waals surface area (Å²) in [6.07, 6.45) is -0.593. The second-order valence-electron chi connectivity index (χ2n) is 7.32. The van der Waals surface area contributed by atoms with Gasteiger partial charge in [-0.05, 0) is 61.9 Å². The maximum absolute atomic E-state index is 12.9. The summed E-state index contributed by atoms with van der Waals surface area (Å²) in [6.45, 7) is 4.02. The number of hydrogen-bond donors (Lipinski definition) is 1. The number of rotatable bonds is 4. The minimum atomic E-state index is -0.593. The van der Waals surface area contributed by atoms with E-state index >= 15 is 0 Å². The second kappa shape index (κ2) is 8.20. The molecule has 0 saturated heterocycles. The number of ether oxygens (including phenoxy) is 1. The first-order chi connectivity index (χ1) is 14.4. The quantitative estimate of drug-likeness (QED) is 0.629. The minimum Gasteiger partial charge on any atom is -0.479 e. The number of aryl methyl sites for hydroxylation is 1. The van der Waals surface area contributed by atoms with E-state index in [-0.39, 0.29) is 11.8 Å². The number of hydrogen-bond acceptors (Lipinski definition) is 3. The molecule has 2 amide bonds. The van der Waals surface area contributed by atoms with Crippen LogP contribution >= 0.6 is 11.6 Å². The molecule has 1 heterocycles. The second-order valence-corrected chi connectivity index (χ2v) is 7.76. The summed E-state index contributed by atoms with van der Waals surface area (Å²) in [4.78, 5) is 27.1. The summed E-state index contributed by atoms with van der Waals surface area (Å²) in [5.74, 6) is 0.235. The first-order valence-corrected chi connectivity index (χ1v) is 10.0. The summed E-state index contributed by atoms with van der Waals surface area (Å²) in [5, 5.41) is 3.51. The van der Waals surface area contributed by atoms with E-state index in [1.54, 1.807) is 42.2 Å². The SMILES string of the molecule is Cc1cccc(C(=O)Nc2ccc3c(c2)N(Cc2cccc(Cl)c2)C(=O)C(C)O3)c1. The highest BCUT2D eigenvalue weighted by Gasteiger charge is 2.32. The van der Waals surface area contributed by atoms with Gasteiger partial charge in [0, 0.05) is 16.3 Å². The number of anilines is 2. The first-order valence-electron chi connectivity index (χ1n) is 9.65. The maximum atomic E-state index is 12.9. The van der Waals surface area contributed by atoms with E-state index in [4.69, 9.17) is 16.3 Å². The van der Waals surface area contributed by atoms with Crippen LogP contribution in [-0.2, 0) is 11.3 Å². The van der Waals surface area contributed by atoms with Gasteiger partial charge in [0.1, 0.15) is 5.75 Å². The Bertz CT molecular complexity index is 1130. The highest BCUT2D eigenvalue weighted by atomic mass is 35.5. The number of benzene rings is 3. The summed E-state index contributed by atoms with van der Waals surface area (Å²) in [6, 6.07) is 20.1. The van der Waals surface area contributed by atoms with Gasteiger partial charge in [-0.3, -0.25) is 9.59 Å². The van der Waals surface area contributed by atoms with Crippen LogP contribution in [0.15, 0.2) is 66.7 Å². The van der Waals surface area contributed by atoms with Gasteiger partial charge in [0.2, 0.25) is 0 Å². The molecule has 0 aromatic heterocycles. The smallest absolute Gasteiger partial charge is 0.268 e. The van der Waals surface area contributed by atoms with Gasteiger partial charge in [0.05, 0.1) is 12.2 Å². The van der Waals surface area contributed by atoms with Gasteiger partial charge >= 0.3 is 0 Å². The largest absolute Gasteiger partial charge is 0.479 e. The molecular formula is C24H21ClN2O3. The van der Waals surface area contributed by atoms with Gasteiger partial charge in [-0.2, -0.15) is 0 Å². The Morgan fingerprint density at radius 3 is 2.67 bits per heavy atom. The average molecular weight is 421 g/mol. The van der Waals surface area contributed by atoms with Crippen molar-refractivity contribution in [3.8, 4) is 5.75 Å². The summed E-state index contributed by atoms with van der Waals surface area (Å²) < 4.78 is 5.77. The van der Waals surface area contributed by atoms with Crippen molar-refractivity contribution >= 4 is 34.8 Å². The molecule has 0 bridgehead atoms. The fourth-order valence-corrected chi connectivity index (χ4v) is 3.67. The predicted molar refractivity (Wildman–Crippen MR) is 118 cm³/mol.